The molecule has 2 heterocycles. The van der Waals surface area contributed by atoms with Gasteiger partial charge < -0.3 is 15.0 Å². The zero-order valence-electron chi connectivity index (χ0n) is 20.2. The molecule has 1 saturated carbocycles. The van der Waals surface area contributed by atoms with E-state index in [4.69, 9.17) is 16.3 Å². The Balaban J connectivity index is 1.03. The van der Waals surface area contributed by atoms with Crippen LogP contribution in [0.4, 0.5) is 0 Å². The molecule has 2 aromatic carbocycles. The van der Waals surface area contributed by atoms with Crippen LogP contribution in [0, 0.1) is 11.8 Å². The van der Waals surface area contributed by atoms with Gasteiger partial charge in [0.2, 0.25) is 0 Å². The number of aryl methyl sites for hydroxylation is 1. The molecule has 4 aliphatic rings. The molecular formula is C30H35ClN2O2. The number of fused-ring (bicyclic) bond motifs is 3. The van der Waals surface area contributed by atoms with E-state index in [1.54, 1.807) is 0 Å². The van der Waals surface area contributed by atoms with Gasteiger partial charge in [0.15, 0.2) is 0 Å². The number of likely N-dealkylation sites (tertiary alicyclic amines) is 1. The quantitative estimate of drug-likeness (QED) is 0.418. The average Bonchev–Trinajstić information content (AvgIpc) is 3.61. The molecule has 0 bridgehead atoms. The molecule has 0 spiro atoms. The summed E-state index contributed by atoms with van der Waals surface area (Å²) in [6.07, 6.45) is 8.87. The third-order valence-electron chi connectivity index (χ3n) is 8.54. The number of rotatable bonds is 7. The molecule has 2 aromatic rings. The SMILES string of the molecule is O=C1OC2CCC(c3ccccc3Cl)C=C2C2C(NC3CCN(CCCc4ccccc4)CC3)C12. The minimum Gasteiger partial charge on any atom is -0.458 e. The lowest BCUT2D eigenvalue weighted by molar-refractivity contribution is -0.152. The lowest BCUT2D eigenvalue weighted by Gasteiger charge is -2.33. The van der Waals surface area contributed by atoms with Crippen molar-refractivity contribution in [3.8, 4) is 0 Å². The van der Waals surface area contributed by atoms with Crippen LogP contribution in [0.1, 0.15) is 49.1 Å². The van der Waals surface area contributed by atoms with Crippen molar-refractivity contribution in [2.24, 2.45) is 11.8 Å². The summed E-state index contributed by atoms with van der Waals surface area (Å²) in [7, 11) is 0. The predicted molar refractivity (Wildman–Crippen MR) is 140 cm³/mol. The van der Waals surface area contributed by atoms with E-state index < -0.39 is 0 Å². The number of esters is 1. The summed E-state index contributed by atoms with van der Waals surface area (Å²) in [4.78, 5) is 15.3. The first-order chi connectivity index (χ1) is 17.2. The maximum Gasteiger partial charge on any atom is 0.311 e. The van der Waals surface area contributed by atoms with Crippen LogP contribution in [0.3, 0.4) is 0 Å². The highest BCUT2D eigenvalue weighted by molar-refractivity contribution is 6.31. The average molecular weight is 491 g/mol. The topological polar surface area (TPSA) is 41.6 Å². The van der Waals surface area contributed by atoms with Crippen molar-refractivity contribution in [2.45, 2.75) is 62.6 Å². The van der Waals surface area contributed by atoms with Crippen molar-refractivity contribution in [1.82, 2.24) is 10.2 Å². The first kappa shape index (κ1) is 23.3. The van der Waals surface area contributed by atoms with Crippen molar-refractivity contribution in [2.75, 3.05) is 19.6 Å². The molecule has 5 unspecified atom stereocenters. The normalized spacial score (nSPS) is 30.7. The van der Waals surface area contributed by atoms with E-state index >= 15 is 0 Å². The molecule has 3 fully saturated rings. The van der Waals surface area contributed by atoms with Gasteiger partial charge in [-0.2, -0.15) is 0 Å². The van der Waals surface area contributed by atoms with E-state index in [-0.39, 0.29) is 24.0 Å². The van der Waals surface area contributed by atoms with Gasteiger partial charge in [0.1, 0.15) is 6.10 Å². The van der Waals surface area contributed by atoms with Gasteiger partial charge >= 0.3 is 5.97 Å². The van der Waals surface area contributed by atoms with Crippen LogP contribution >= 0.6 is 11.6 Å². The van der Waals surface area contributed by atoms with E-state index in [0.717, 1.165) is 50.2 Å². The Morgan fingerprint density at radius 3 is 2.51 bits per heavy atom. The highest BCUT2D eigenvalue weighted by atomic mass is 35.5. The summed E-state index contributed by atoms with van der Waals surface area (Å²) >= 11 is 6.50. The number of allylic oxidation sites excluding steroid dienone is 1. The van der Waals surface area contributed by atoms with Crippen molar-refractivity contribution < 1.29 is 9.53 Å². The smallest absolute Gasteiger partial charge is 0.311 e. The molecule has 184 valence electrons. The van der Waals surface area contributed by atoms with E-state index in [9.17, 15) is 4.79 Å². The van der Waals surface area contributed by atoms with Crippen LogP contribution in [0.15, 0.2) is 66.2 Å². The lowest BCUT2D eigenvalue weighted by Crippen LogP contribution is -2.44. The number of hydrogen-bond donors (Lipinski definition) is 1. The van der Waals surface area contributed by atoms with Crippen molar-refractivity contribution >= 4 is 17.6 Å². The number of carbonyl (C=O) groups is 1. The Hall–Kier alpha value is -2.14. The first-order valence-electron chi connectivity index (χ1n) is 13.4. The zero-order valence-corrected chi connectivity index (χ0v) is 21.0. The molecule has 4 nitrogen and oxygen atoms in total. The summed E-state index contributed by atoms with van der Waals surface area (Å²) in [5.41, 5.74) is 3.96. The molecule has 0 aromatic heterocycles. The Labute approximate surface area is 213 Å². The number of nitrogens with zero attached hydrogens (tertiary/aromatic N) is 1. The van der Waals surface area contributed by atoms with Gasteiger partial charge in [0.25, 0.3) is 0 Å². The fourth-order valence-corrected chi connectivity index (χ4v) is 6.86. The molecule has 2 saturated heterocycles. The summed E-state index contributed by atoms with van der Waals surface area (Å²) in [6, 6.07) is 19.7. The van der Waals surface area contributed by atoms with Gasteiger partial charge in [0.05, 0.1) is 5.92 Å². The Kier molecular flexibility index (Phi) is 6.70. The molecule has 6 rings (SSSR count). The van der Waals surface area contributed by atoms with Gasteiger partial charge in [0, 0.05) is 28.9 Å². The molecule has 2 aliphatic carbocycles. The summed E-state index contributed by atoms with van der Waals surface area (Å²) in [5, 5.41) is 4.70. The first-order valence-corrected chi connectivity index (χ1v) is 13.7. The monoisotopic (exact) mass is 490 g/mol. The fourth-order valence-electron chi connectivity index (χ4n) is 6.59. The lowest BCUT2D eigenvalue weighted by atomic mass is 9.81. The summed E-state index contributed by atoms with van der Waals surface area (Å²) in [5.74, 6) is 0.610. The second-order valence-electron chi connectivity index (χ2n) is 10.7. The second kappa shape index (κ2) is 10.1. The van der Waals surface area contributed by atoms with E-state index in [1.807, 2.05) is 12.1 Å². The number of benzene rings is 2. The minimum absolute atomic E-state index is 0.00388. The molecule has 2 aliphatic heterocycles. The Morgan fingerprint density at radius 2 is 1.71 bits per heavy atom. The van der Waals surface area contributed by atoms with Crippen molar-refractivity contribution in [3.05, 3.63) is 82.4 Å². The molecule has 5 atom stereocenters. The Morgan fingerprint density at radius 1 is 0.943 bits per heavy atom. The van der Waals surface area contributed by atoms with Gasteiger partial charge in [-0.3, -0.25) is 4.79 Å². The number of ether oxygens (including phenoxy) is 1. The number of nitrogens with one attached hydrogen (secondary N) is 1. The zero-order chi connectivity index (χ0) is 23.8. The number of carbonyl (C=O) groups excluding carboxylic acids is 1. The maximum absolute atomic E-state index is 12.7. The van der Waals surface area contributed by atoms with Crippen molar-refractivity contribution in [3.63, 3.8) is 0 Å². The van der Waals surface area contributed by atoms with Crippen LogP contribution in [0.25, 0.3) is 0 Å². The van der Waals surface area contributed by atoms with Gasteiger partial charge in [-0.15, -0.1) is 0 Å². The minimum atomic E-state index is -0.0410. The van der Waals surface area contributed by atoms with Crippen LogP contribution in [-0.2, 0) is 16.0 Å². The predicted octanol–water partition coefficient (Wildman–Crippen LogP) is 5.37. The van der Waals surface area contributed by atoms with E-state index in [0.29, 0.717) is 17.9 Å². The third kappa shape index (κ3) is 4.94. The van der Waals surface area contributed by atoms with Gasteiger partial charge in [-0.1, -0.05) is 66.2 Å². The second-order valence-corrected chi connectivity index (χ2v) is 11.2. The van der Waals surface area contributed by atoms with Gasteiger partial charge in [-0.05, 0) is 80.9 Å². The fraction of sp³-hybridized carbons (Fsp3) is 0.500. The molecule has 35 heavy (non-hydrogen) atoms. The molecular weight excluding hydrogens is 456 g/mol. The van der Waals surface area contributed by atoms with Crippen molar-refractivity contribution in [1.29, 1.82) is 0 Å². The molecule has 0 amide bonds. The molecule has 0 radical (unpaired) electrons. The largest absolute Gasteiger partial charge is 0.458 e. The van der Waals surface area contributed by atoms with Crippen LogP contribution in [0.5, 0.6) is 0 Å². The third-order valence-corrected chi connectivity index (χ3v) is 8.89. The number of halogens is 1. The summed E-state index contributed by atoms with van der Waals surface area (Å²) in [6.45, 7) is 3.44. The van der Waals surface area contributed by atoms with Crippen LogP contribution < -0.4 is 5.32 Å². The highest BCUT2D eigenvalue weighted by Crippen LogP contribution is 2.54. The molecule has 1 N–H and O–H groups in total. The number of hydrogen-bond acceptors (Lipinski definition) is 4. The van der Waals surface area contributed by atoms with Gasteiger partial charge in [-0.25, -0.2) is 0 Å². The van der Waals surface area contributed by atoms with Crippen LogP contribution in [0.2, 0.25) is 5.02 Å². The maximum atomic E-state index is 12.7. The molecule has 5 heteroatoms. The van der Waals surface area contributed by atoms with Crippen LogP contribution in [-0.4, -0.2) is 48.7 Å². The van der Waals surface area contributed by atoms with E-state index in [2.05, 4.69) is 58.8 Å². The number of piperidine rings is 1. The van der Waals surface area contributed by atoms with E-state index in [1.165, 1.54) is 29.7 Å². The highest BCUT2D eigenvalue weighted by Gasteiger charge is 2.62. The standard InChI is InChI=1S/C30H35ClN2O2/c31-25-11-5-4-10-23(25)21-12-13-26-24(19-21)27-28(30(34)35-26)29(27)32-22-14-17-33(18-15-22)16-6-9-20-7-2-1-3-8-20/h1-5,7-8,10-11,19,21-22,26-29,32H,6,9,12-18H2. The summed E-state index contributed by atoms with van der Waals surface area (Å²) < 4.78 is 5.89. The Bertz CT molecular complexity index is 1080.